The van der Waals surface area contributed by atoms with E-state index in [1.165, 1.54) is 16.9 Å². The summed E-state index contributed by atoms with van der Waals surface area (Å²) in [6.45, 7) is 5.02. The number of aryl methyl sites for hydroxylation is 2. The Balaban J connectivity index is 1.19. The molecule has 1 aromatic carbocycles. The molecule has 4 heterocycles. The zero-order chi connectivity index (χ0) is 25.4. The molecule has 0 spiro atoms. The van der Waals surface area contributed by atoms with E-state index in [0.717, 1.165) is 35.3 Å². The van der Waals surface area contributed by atoms with Gasteiger partial charge in [0.15, 0.2) is 5.69 Å². The quantitative estimate of drug-likeness (QED) is 0.363. The van der Waals surface area contributed by atoms with E-state index < -0.39 is 0 Å². The highest BCUT2D eigenvalue weighted by Crippen LogP contribution is 2.36. The lowest BCUT2D eigenvalue weighted by Gasteiger charge is -2.32. The van der Waals surface area contributed by atoms with Gasteiger partial charge in [0.25, 0.3) is 11.8 Å². The Bertz CT molecular complexity index is 1410. The lowest BCUT2D eigenvalue weighted by Crippen LogP contribution is -2.38. The number of piperidine rings is 1. The molecule has 1 saturated heterocycles. The summed E-state index contributed by atoms with van der Waals surface area (Å²) >= 11 is 7.65. The second-order valence-electron chi connectivity index (χ2n) is 8.99. The Hall–Kier alpha value is -3.43. The van der Waals surface area contributed by atoms with Crippen molar-refractivity contribution >= 4 is 40.4 Å². The molecular formula is C26H26ClN5O3S. The number of amides is 2. The highest BCUT2D eigenvalue weighted by atomic mass is 35.5. The molecule has 0 unspecified atom stereocenters. The van der Waals surface area contributed by atoms with Crippen LogP contribution in [0.5, 0.6) is 0 Å². The van der Waals surface area contributed by atoms with E-state index in [-0.39, 0.29) is 11.8 Å². The summed E-state index contributed by atoms with van der Waals surface area (Å²) in [5.74, 6) is 0.766. The monoisotopic (exact) mass is 523 g/mol. The van der Waals surface area contributed by atoms with E-state index in [9.17, 15) is 9.59 Å². The van der Waals surface area contributed by atoms with Gasteiger partial charge in [-0.25, -0.2) is 0 Å². The van der Waals surface area contributed by atoms with Crippen molar-refractivity contribution in [1.82, 2.24) is 19.8 Å². The number of benzene rings is 1. The van der Waals surface area contributed by atoms with Gasteiger partial charge in [0.1, 0.15) is 10.1 Å². The van der Waals surface area contributed by atoms with E-state index in [0.29, 0.717) is 39.7 Å². The van der Waals surface area contributed by atoms with Crippen LogP contribution in [0.25, 0.3) is 11.3 Å². The molecule has 1 fully saturated rings. The molecule has 2 amide bonds. The van der Waals surface area contributed by atoms with E-state index in [1.807, 2.05) is 56.1 Å². The summed E-state index contributed by atoms with van der Waals surface area (Å²) < 4.78 is 7.44. The first-order valence-corrected chi connectivity index (χ1v) is 12.9. The smallest absolute Gasteiger partial charge is 0.276 e. The lowest BCUT2D eigenvalue weighted by molar-refractivity contribution is 0.0701. The van der Waals surface area contributed by atoms with Gasteiger partial charge >= 0.3 is 0 Å². The van der Waals surface area contributed by atoms with Crippen molar-refractivity contribution in [2.24, 2.45) is 7.05 Å². The van der Waals surface area contributed by atoms with E-state index in [2.05, 4.69) is 15.6 Å². The molecule has 4 aromatic rings. The molecule has 1 aliphatic rings. The van der Waals surface area contributed by atoms with Crippen LogP contribution in [0.3, 0.4) is 0 Å². The predicted molar refractivity (Wildman–Crippen MR) is 140 cm³/mol. The Labute approximate surface area is 217 Å². The molecule has 0 saturated carbocycles. The molecular weight excluding hydrogens is 498 g/mol. The molecule has 1 N–H and O–H groups in total. The average molecular weight is 524 g/mol. The molecule has 5 rings (SSSR count). The number of carbonyl (C=O) groups is 2. The molecule has 1 aliphatic heterocycles. The van der Waals surface area contributed by atoms with Gasteiger partial charge in [-0.1, -0.05) is 28.9 Å². The fourth-order valence-electron chi connectivity index (χ4n) is 4.51. The van der Waals surface area contributed by atoms with Gasteiger partial charge in [-0.05, 0) is 62.4 Å². The summed E-state index contributed by atoms with van der Waals surface area (Å²) in [6, 6.07) is 11.6. The van der Waals surface area contributed by atoms with Gasteiger partial charge in [-0.2, -0.15) is 5.10 Å². The number of nitrogens with one attached hydrogen (secondary N) is 1. The normalized spacial score (nSPS) is 14.3. The van der Waals surface area contributed by atoms with Crippen molar-refractivity contribution in [3.63, 3.8) is 0 Å². The number of carbonyl (C=O) groups excluding carboxylic acids is 2. The molecule has 0 atom stereocenters. The first kappa shape index (κ1) is 24.3. The number of anilines is 1. The SMILES string of the molecule is Cc1onc(C(=O)N2CCC(c3ccc(NC(=O)c4cc(-c5ccnn5C)c(Cl)s4)cc3)CC2)c1C. The largest absolute Gasteiger partial charge is 0.361 e. The topological polar surface area (TPSA) is 93.3 Å². The number of likely N-dealkylation sites (tertiary alicyclic amines) is 1. The van der Waals surface area contributed by atoms with Crippen LogP contribution in [0.4, 0.5) is 5.69 Å². The molecule has 36 heavy (non-hydrogen) atoms. The summed E-state index contributed by atoms with van der Waals surface area (Å²) in [4.78, 5) is 28.0. The fourth-order valence-corrected chi connectivity index (χ4v) is 5.70. The Morgan fingerprint density at radius 1 is 1.14 bits per heavy atom. The predicted octanol–water partition coefficient (Wildman–Crippen LogP) is 5.68. The number of aromatic nitrogens is 3. The number of halogens is 1. The van der Waals surface area contributed by atoms with Crippen LogP contribution >= 0.6 is 22.9 Å². The highest BCUT2D eigenvalue weighted by Gasteiger charge is 2.28. The Kier molecular flexibility index (Phi) is 6.68. The van der Waals surface area contributed by atoms with Crippen molar-refractivity contribution < 1.29 is 14.1 Å². The summed E-state index contributed by atoms with van der Waals surface area (Å²) in [5, 5.41) is 11.1. The minimum absolute atomic E-state index is 0.0684. The lowest BCUT2D eigenvalue weighted by atomic mass is 9.89. The number of hydrogen-bond donors (Lipinski definition) is 1. The molecule has 3 aromatic heterocycles. The van der Waals surface area contributed by atoms with Crippen LogP contribution in [0.1, 0.15) is 55.8 Å². The first-order chi connectivity index (χ1) is 17.3. The number of nitrogens with zero attached hydrogens (tertiary/aromatic N) is 4. The average Bonchev–Trinajstić information content (AvgIpc) is 3.58. The molecule has 8 nitrogen and oxygen atoms in total. The number of thiophene rings is 1. The fraction of sp³-hybridized carbons (Fsp3) is 0.308. The minimum Gasteiger partial charge on any atom is -0.361 e. The van der Waals surface area contributed by atoms with Crippen LogP contribution in [0, 0.1) is 13.8 Å². The minimum atomic E-state index is -0.201. The summed E-state index contributed by atoms with van der Waals surface area (Å²) in [5.41, 5.74) is 4.79. The standard InChI is InChI=1S/C26H26ClN5O3S/c1-15-16(2)35-30-23(15)26(34)32-12-9-18(10-13-32)17-4-6-19(7-5-17)29-25(33)22-14-20(24(27)36-22)21-8-11-28-31(21)3/h4-8,11,14,18H,9-10,12-13H2,1-3H3,(H,29,33). The van der Waals surface area contributed by atoms with Crippen molar-refractivity contribution in [2.45, 2.75) is 32.6 Å². The van der Waals surface area contributed by atoms with Gasteiger partial charge < -0.3 is 14.7 Å². The molecule has 0 radical (unpaired) electrons. The zero-order valence-corrected chi connectivity index (χ0v) is 21.8. The molecule has 0 bridgehead atoms. The maximum Gasteiger partial charge on any atom is 0.276 e. The Morgan fingerprint density at radius 3 is 2.47 bits per heavy atom. The number of rotatable bonds is 5. The van der Waals surface area contributed by atoms with Crippen molar-refractivity contribution in [3.05, 3.63) is 74.4 Å². The van der Waals surface area contributed by atoms with Crippen molar-refractivity contribution in [3.8, 4) is 11.3 Å². The summed E-state index contributed by atoms with van der Waals surface area (Å²) in [7, 11) is 1.84. The second-order valence-corrected chi connectivity index (χ2v) is 10.6. The van der Waals surface area contributed by atoms with E-state index in [1.54, 1.807) is 16.9 Å². The summed E-state index contributed by atoms with van der Waals surface area (Å²) in [6.07, 6.45) is 3.44. The van der Waals surface area contributed by atoms with Crippen LogP contribution in [0.2, 0.25) is 4.34 Å². The molecule has 10 heteroatoms. The van der Waals surface area contributed by atoms with Gasteiger partial charge in [-0.15, -0.1) is 11.3 Å². The van der Waals surface area contributed by atoms with Gasteiger partial charge in [0, 0.05) is 43.1 Å². The third-order valence-corrected chi connectivity index (χ3v) is 8.15. The van der Waals surface area contributed by atoms with Crippen molar-refractivity contribution in [2.75, 3.05) is 18.4 Å². The van der Waals surface area contributed by atoms with E-state index >= 15 is 0 Å². The molecule has 0 aliphatic carbocycles. The maximum absolute atomic E-state index is 12.8. The van der Waals surface area contributed by atoms with Gasteiger partial charge in [0.05, 0.1) is 10.6 Å². The third kappa shape index (κ3) is 4.68. The first-order valence-electron chi connectivity index (χ1n) is 11.7. The number of hydrogen-bond acceptors (Lipinski definition) is 6. The van der Waals surface area contributed by atoms with Crippen LogP contribution in [0.15, 0.2) is 47.1 Å². The van der Waals surface area contributed by atoms with Crippen LogP contribution in [-0.4, -0.2) is 44.7 Å². The highest BCUT2D eigenvalue weighted by molar-refractivity contribution is 7.18. The third-order valence-electron chi connectivity index (χ3n) is 6.79. The van der Waals surface area contributed by atoms with Crippen LogP contribution < -0.4 is 5.32 Å². The van der Waals surface area contributed by atoms with Gasteiger partial charge in [-0.3, -0.25) is 14.3 Å². The molecule has 186 valence electrons. The Morgan fingerprint density at radius 2 is 1.86 bits per heavy atom. The van der Waals surface area contributed by atoms with Gasteiger partial charge in [0.2, 0.25) is 0 Å². The second kappa shape index (κ2) is 9.91. The van der Waals surface area contributed by atoms with Crippen molar-refractivity contribution in [1.29, 1.82) is 0 Å². The maximum atomic E-state index is 12.8. The van der Waals surface area contributed by atoms with E-state index in [4.69, 9.17) is 16.1 Å². The zero-order valence-electron chi connectivity index (χ0n) is 20.2. The van der Waals surface area contributed by atoms with Crippen LogP contribution in [-0.2, 0) is 7.05 Å².